The van der Waals surface area contributed by atoms with Gasteiger partial charge in [0.2, 0.25) is 11.8 Å². The van der Waals surface area contributed by atoms with E-state index in [1.807, 2.05) is 4.72 Å². The number of sulfonamides is 1. The minimum absolute atomic E-state index is 0.0818. The number of anilines is 1. The maximum atomic E-state index is 12.1. The standard InChI is InChI=1S/C15H16N4O5S/c1-3-24-14-9-8-13(17-18-14)15(21)16-11-4-6-12(7-5-11)25(22,23)19-10(2)20/h4-9H,3H2,1-2H3,(H,16,21)(H,19,20). The molecule has 2 amide bonds. The fourth-order valence-electron chi connectivity index (χ4n) is 1.83. The monoisotopic (exact) mass is 364 g/mol. The Bertz CT molecular complexity index is 864. The smallest absolute Gasteiger partial charge is 0.276 e. The van der Waals surface area contributed by atoms with Crippen LogP contribution >= 0.6 is 0 Å². The van der Waals surface area contributed by atoms with Crippen molar-refractivity contribution in [1.29, 1.82) is 0 Å². The van der Waals surface area contributed by atoms with Crippen molar-refractivity contribution in [2.45, 2.75) is 18.7 Å². The van der Waals surface area contributed by atoms with Crippen LogP contribution < -0.4 is 14.8 Å². The molecular weight excluding hydrogens is 348 g/mol. The summed E-state index contributed by atoms with van der Waals surface area (Å²) in [5.74, 6) is -0.883. The summed E-state index contributed by atoms with van der Waals surface area (Å²) in [6, 6.07) is 8.32. The van der Waals surface area contributed by atoms with Crippen LogP contribution in [-0.4, -0.2) is 37.0 Å². The summed E-state index contributed by atoms with van der Waals surface area (Å²) in [7, 11) is -3.92. The van der Waals surface area contributed by atoms with Gasteiger partial charge in [-0.25, -0.2) is 13.1 Å². The highest BCUT2D eigenvalue weighted by Gasteiger charge is 2.15. The van der Waals surface area contributed by atoms with E-state index >= 15 is 0 Å². The summed E-state index contributed by atoms with van der Waals surface area (Å²) in [6.07, 6.45) is 0. The van der Waals surface area contributed by atoms with Gasteiger partial charge in [-0.3, -0.25) is 9.59 Å². The van der Waals surface area contributed by atoms with Crippen molar-refractivity contribution in [3.63, 3.8) is 0 Å². The quantitative estimate of drug-likeness (QED) is 0.781. The van der Waals surface area contributed by atoms with Crippen LogP contribution in [0, 0.1) is 0 Å². The van der Waals surface area contributed by atoms with Gasteiger partial charge in [0.05, 0.1) is 11.5 Å². The number of aromatic nitrogens is 2. The Morgan fingerprint density at radius 2 is 1.76 bits per heavy atom. The molecule has 0 aliphatic heterocycles. The predicted octanol–water partition coefficient (Wildman–Crippen LogP) is 0.952. The van der Waals surface area contributed by atoms with Crippen molar-refractivity contribution in [2.24, 2.45) is 0 Å². The van der Waals surface area contributed by atoms with E-state index in [1.165, 1.54) is 36.4 Å². The molecule has 0 atom stereocenters. The van der Waals surface area contributed by atoms with Gasteiger partial charge in [0.15, 0.2) is 5.69 Å². The van der Waals surface area contributed by atoms with Crippen LogP contribution in [0.2, 0.25) is 0 Å². The normalized spacial score (nSPS) is 10.8. The molecule has 9 nitrogen and oxygen atoms in total. The Hall–Kier alpha value is -3.01. The number of carbonyl (C=O) groups is 2. The van der Waals surface area contributed by atoms with Crippen LogP contribution in [0.3, 0.4) is 0 Å². The van der Waals surface area contributed by atoms with Crippen molar-refractivity contribution in [1.82, 2.24) is 14.9 Å². The fraction of sp³-hybridized carbons (Fsp3) is 0.200. The number of nitrogens with zero attached hydrogens (tertiary/aromatic N) is 2. The second-order valence-electron chi connectivity index (χ2n) is 4.83. The van der Waals surface area contributed by atoms with Gasteiger partial charge < -0.3 is 10.1 Å². The first-order chi connectivity index (χ1) is 11.8. The van der Waals surface area contributed by atoms with Gasteiger partial charge in [0.1, 0.15) is 0 Å². The van der Waals surface area contributed by atoms with E-state index < -0.39 is 21.8 Å². The molecule has 0 unspecified atom stereocenters. The van der Waals surface area contributed by atoms with Crippen LogP contribution in [0.1, 0.15) is 24.3 Å². The molecule has 25 heavy (non-hydrogen) atoms. The first kappa shape index (κ1) is 18.3. The average Bonchev–Trinajstić information content (AvgIpc) is 2.55. The molecule has 0 aliphatic carbocycles. The average molecular weight is 364 g/mol. The van der Waals surface area contributed by atoms with Gasteiger partial charge in [-0.05, 0) is 37.3 Å². The zero-order chi connectivity index (χ0) is 18.4. The molecule has 2 rings (SSSR count). The summed E-state index contributed by atoms with van der Waals surface area (Å²) in [4.78, 5) is 22.9. The molecule has 0 aliphatic rings. The molecule has 0 bridgehead atoms. The molecular formula is C15H16N4O5S. The molecule has 0 spiro atoms. The third-order valence-corrected chi connectivity index (χ3v) is 4.31. The lowest BCUT2D eigenvalue weighted by Crippen LogP contribution is -2.28. The van der Waals surface area contributed by atoms with Gasteiger partial charge in [-0.1, -0.05) is 0 Å². The Morgan fingerprint density at radius 3 is 2.28 bits per heavy atom. The van der Waals surface area contributed by atoms with E-state index in [2.05, 4.69) is 15.5 Å². The van der Waals surface area contributed by atoms with Crippen LogP contribution in [0.5, 0.6) is 5.88 Å². The first-order valence-corrected chi connectivity index (χ1v) is 8.71. The predicted molar refractivity (Wildman–Crippen MR) is 88.6 cm³/mol. The second kappa shape index (κ2) is 7.71. The first-order valence-electron chi connectivity index (χ1n) is 7.23. The van der Waals surface area contributed by atoms with E-state index in [0.717, 1.165) is 6.92 Å². The third-order valence-electron chi connectivity index (χ3n) is 2.87. The van der Waals surface area contributed by atoms with Gasteiger partial charge in [-0.2, -0.15) is 0 Å². The number of rotatable bonds is 6. The molecule has 10 heteroatoms. The summed E-state index contributed by atoms with van der Waals surface area (Å²) >= 11 is 0. The van der Waals surface area contributed by atoms with E-state index in [-0.39, 0.29) is 10.6 Å². The van der Waals surface area contributed by atoms with Gasteiger partial charge in [-0.15, -0.1) is 10.2 Å². The van der Waals surface area contributed by atoms with Crippen LogP contribution in [-0.2, 0) is 14.8 Å². The molecule has 1 aromatic heterocycles. The van der Waals surface area contributed by atoms with Gasteiger partial charge in [0, 0.05) is 18.7 Å². The summed E-state index contributed by atoms with van der Waals surface area (Å²) in [5, 5.41) is 10.1. The summed E-state index contributed by atoms with van der Waals surface area (Å²) in [6.45, 7) is 3.34. The molecule has 0 saturated carbocycles. The minimum Gasteiger partial charge on any atom is -0.477 e. The number of nitrogens with one attached hydrogen (secondary N) is 2. The molecule has 1 heterocycles. The molecule has 2 N–H and O–H groups in total. The van der Waals surface area contributed by atoms with Crippen LogP contribution in [0.15, 0.2) is 41.3 Å². The fourth-order valence-corrected chi connectivity index (χ4v) is 2.82. The highest BCUT2D eigenvalue weighted by Crippen LogP contribution is 2.15. The molecule has 2 aromatic rings. The molecule has 0 radical (unpaired) electrons. The molecule has 0 saturated heterocycles. The van der Waals surface area contributed by atoms with E-state index in [1.54, 1.807) is 6.92 Å². The van der Waals surface area contributed by atoms with Crippen LogP contribution in [0.4, 0.5) is 5.69 Å². The lowest BCUT2D eigenvalue weighted by Gasteiger charge is -2.07. The maximum absolute atomic E-state index is 12.1. The second-order valence-corrected chi connectivity index (χ2v) is 6.51. The van der Waals surface area contributed by atoms with Crippen LogP contribution in [0.25, 0.3) is 0 Å². The molecule has 1 aromatic carbocycles. The van der Waals surface area contributed by atoms with E-state index in [0.29, 0.717) is 18.2 Å². The van der Waals surface area contributed by atoms with Crippen molar-refractivity contribution >= 4 is 27.5 Å². The van der Waals surface area contributed by atoms with Crippen molar-refractivity contribution in [3.8, 4) is 5.88 Å². The Kier molecular flexibility index (Phi) is 5.65. The van der Waals surface area contributed by atoms with E-state index in [9.17, 15) is 18.0 Å². The minimum atomic E-state index is -3.92. The van der Waals surface area contributed by atoms with Gasteiger partial charge in [0.25, 0.3) is 15.9 Å². The van der Waals surface area contributed by atoms with Crippen molar-refractivity contribution in [2.75, 3.05) is 11.9 Å². The number of ether oxygens (including phenoxy) is 1. The number of benzene rings is 1. The number of carbonyl (C=O) groups excluding carboxylic acids is 2. The Labute approximate surface area is 144 Å². The topological polar surface area (TPSA) is 127 Å². The highest BCUT2D eigenvalue weighted by molar-refractivity contribution is 7.90. The maximum Gasteiger partial charge on any atom is 0.276 e. The van der Waals surface area contributed by atoms with Crippen molar-refractivity contribution in [3.05, 3.63) is 42.1 Å². The van der Waals surface area contributed by atoms with Gasteiger partial charge >= 0.3 is 0 Å². The summed E-state index contributed by atoms with van der Waals surface area (Å²) in [5.41, 5.74) is 0.445. The lowest BCUT2D eigenvalue weighted by atomic mass is 10.3. The zero-order valence-electron chi connectivity index (χ0n) is 13.5. The van der Waals surface area contributed by atoms with E-state index in [4.69, 9.17) is 4.74 Å². The SMILES string of the molecule is CCOc1ccc(C(=O)Nc2ccc(S(=O)(=O)NC(C)=O)cc2)nn1. The molecule has 132 valence electrons. The lowest BCUT2D eigenvalue weighted by molar-refractivity contribution is -0.117. The summed E-state index contributed by atoms with van der Waals surface area (Å²) < 4.78 is 30.7. The Morgan fingerprint density at radius 1 is 1.08 bits per heavy atom. The number of hydrogen-bond acceptors (Lipinski definition) is 7. The number of amides is 2. The molecule has 0 fully saturated rings. The van der Waals surface area contributed by atoms with Crippen molar-refractivity contribution < 1.29 is 22.7 Å². The zero-order valence-corrected chi connectivity index (χ0v) is 14.3. The highest BCUT2D eigenvalue weighted by atomic mass is 32.2. The Balaban J connectivity index is 2.08. The largest absolute Gasteiger partial charge is 0.477 e. The third kappa shape index (κ3) is 4.98. The number of hydrogen-bond donors (Lipinski definition) is 2.